The summed E-state index contributed by atoms with van der Waals surface area (Å²) in [5.74, 6) is 0. The van der Waals surface area contributed by atoms with Crippen molar-refractivity contribution in [3.8, 4) is 0 Å². The van der Waals surface area contributed by atoms with Crippen molar-refractivity contribution in [3.05, 3.63) is 0 Å². The fourth-order valence-electron chi connectivity index (χ4n) is 3.39. The standard InChI is InChI=1S/C15H30N2/c1-14-8-6-7-12-17(14)13-11-16-15-9-4-2-3-5-10-15/h14-16H,2-13H2,1H3. The molecule has 1 heterocycles. The van der Waals surface area contributed by atoms with E-state index in [1.54, 1.807) is 0 Å². The van der Waals surface area contributed by atoms with E-state index in [0.29, 0.717) is 0 Å². The molecule has 0 spiro atoms. The molecule has 2 rings (SSSR count). The van der Waals surface area contributed by atoms with E-state index < -0.39 is 0 Å². The monoisotopic (exact) mass is 238 g/mol. The van der Waals surface area contributed by atoms with Gasteiger partial charge in [0, 0.05) is 25.2 Å². The van der Waals surface area contributed by atoms with Crippen LogP contribution in [0.3, 0.4) is 0 Å². The summed E-state index contributed by atoms with van der Waals surface area (Å²) in [6.45, 7) is 6.19. The van der Waals surface area contributed by atoms with Gasteiger partial charge < -0.3 is 5.32 Å². The molecule has 1 atom stereocenters. The lowest BCUT2D eigenvalue weighted by Crippen LogP contribution is -2.43. The van der Waals surface area contributed by atoms with Crippen LogP contribution in [0.4, 0.5) is 0 Å². The molecule has 1 saturated heterocycles. The first-order valence-electron chi connectivity index (χ1n) is 7.83. The summed E-state index contributed by atoms with van der Waals surface area (Å²) >= 11 is 0. The third-order valence-electron chi connectivity index (χ3n) is 4.63. The van der Waals surface area contributed by atoms with Gasteiger partial charge in [0.15, 0.2) is 0 Å². The normalized spacial score (nSPS) is 29.1. The summed E-state index contributed by atoms with van der Waals surface area (Å²) in [5, 5.41) is 3.79. The van der Waals surface area contributed by atoms with Crippen LogP contribution in [-0.2, 0) is 0 Å². The summed E-state index contributed by atoms with van der Waals surface area (Å²) in [6, 6.07) is 1.64. The maximum absolute atomic E-state index is 3.79. The predicted octanol–water partition coefficient (Wildman–Crippen LogP) is 3.17. The van der Waals surface area contributed by atoms with E-state index in [-0.39, 0.29) is 0 Å². The van der Waals surface area contributed by atoms with Crippen LogP contribution in [0, 0.1) is 0 Å². The van der Waals surface area contributed by atoms with Gasteiger partial charge in [-0.25, -0.2) is 0 Å². The molecule has 0 aromatic carbocycles. The molecule has 1 aliphatic heterocycles. The second kappa shape index (κ2) is 7.38. The van der Waals surface area contributed by atoms with E-state index in [9.17, 15) is 0 Å². The summed E-state index contributed by atoms with van der Waals surface area (Å²) in [6.07, 6.45) is 12.9. The van der Waals surface area contributed by atoms with Crippen molar-refractivity contribution in [1.29, 1.82) is 0 Å². The molecule has 2 heteroatoms. The van der Waals surface area contributed by atoms with Crippen molar-refractivity contribution >= 4 is 0 Å². The largest absolute Gasteiger partial charge is 0.313 e. The number of hydrogen-bond acceptors (Lipinski definition) is 2. The third-order valence-corrected chi connectivity index (χ3v) is 4.63. The average molecular weight is 238 g/mol. The smallest absolute Gasteiger partial charge is 0.0110 e. The average Bonchev–Trinajstić information content (AvgIpc) is 2.60. The van der Waals surface area contributed by atoms with Gasteiger partial charge in [-0.2, -0.15) is 0 Å². The molecule has 0 aromatic heterocycles. The number of nitrogens with zero attached hydrogens (tertiary/aromatic N) is 1. The minimum Gasteiger partial charge on any atom is -0.313 e. The van der Waals surface area contributed by atoms with Crippen molar-refractivity contribution in [2.75, 3.05) is 19.6 Å². The van der Waals surface area contributed by atoms with Crippen molar-refractivity contribution in [2.24, 2.45) is 0 Å². The molecule has 0 aromatic rings. The van der Waals surface area contributed by atoms with Crippen molar-refractivity contribution in [3.63, 3.8) is 0 Å². The van der Waals surface area contributed by atoms with Gasteiger partial charge in [0.2, 0.25) is 0 Å². The van der Waals surface area contributed by atoms with Gasteiger partial charge in [-0.15, -0.1) is 0 Å². The lowest BCUT2D eigenvalue weighted by atomic mass is 10.0. The van der Waals surface area contributed by atoms with E-state index >= 15 is 0 Å². The van der Waals surface area contributed by atoms with Gasteiger partial charge in [-0.1, -0.05) is 32.1 Å². The molecule has 0 amide bonds. The van der Waals surface area contributed by atoms with Gasteiger partial charge in [-0.3, -0.25) is 4.90 Å². The molecule has 100 valence electrons. The fraction of sp³-hybridized carbons (Fsp3) is 1.00. The van der Waals surface area contributed by atoms with Crippen molar-refractivity contribution in [1.82, 2.24) is 10.2 Å². The van der Waals surface area contributed by atoms with Gasteiger partial charge in [0.1, 0.15) is 0 Å². The Morgan fingerprint density at radius 3 is 2.35 bits per heavy atom. The fourth-order valence-corrected chi connectivity index (χ4v) is 3.39. The van der Waals surface area contributed by atoms with Crippen LogP contribution in [0.25, 0.3) is 0 Å². The Morgan fingerprint density at radius 1 is 0.941 bits per heavy atom. The molecule has 1 aliphatic carbocycles. The molecule has 1 unspecified atom stereocenters. The molecule has 0 radical (unpaired) electrons. The number of nitrogens with one attached hydrogen (secondary N) is 1. The van der Waals surface area contributed by atoms with Crippen LogP contribution >= 0.6 is 0 Å². The van der Waals surface area contributed by atoms with Crippen molar-refractivity contribution in [2.45, 2.75) is 76.8 Å². The van der Waals surface area contributed by atoms with Crippen LogP contribution in [0.2, 0.25) is 0 Å². The van der Waals surface area contributed by atoms with Crippen LogP contribution in [0.15, 0.2) is 0 Å². The van der Waals surface area contributed by atoms with Gasteiger partial charge >= 0.3 is 0 Å². The molecule has 2 aliphatic rings. The topological polar surface area (TPSA) is 15.3 Å². The first-order valence-corrected chi connectivity index (χ1v) is 7.83. The Morgan fingerprint density at radius 2 is 1.65 bits per heavy atom. The number of likely N-dealkylation sites (tertiary alicyclic amines) is 1. The Hall–Kier alpha value is -0.0800. The number of piperidine rings is 1. The zero-order chi connectivity index (χ0) is 11.9. The number of rotatable bonds is 4. The first-order chi connectivity index (χ1) is 8.36. The van der Waals surface area contributed by atoms with Crippen LogP contribution < -0.4 is 5.32 Å². The van der Waals surface area contributed by atoms with E-state index in [2.05, 4.69) is 17.1 Å². The summed E-state index contributed by atoms with van der Waals surface area (Å²) in [7, 11) is 0. The zero-order valence-corrected chi connectivity index (χ0v) is 11.6. The van der Waals surface area contributed by atoms with Crippen molar-refractivity contribution < 1.29 is 0 Å². The highest BCUT2D eigenvalue weighted by atomic mass is 15.2. The molecule has 17 heavy (non-hydrogen) atoms. The second-order valence-electron chi connectivity index (χ2n) is 6.02. The minimum absolute atomic E-state index is 0.817. The maximum Gasteiger partial charge on any atom is 0.0110 e. The molecule has 1 saturated carbocycles. The molecule has 0 bridgehead atoms. The highest BCUT2D eigenvalue weighted by molar-refractivity contribution is 4.75. The molecule has 1 N–H and O–H groups in total. The van der Waals surface area contributed by atoms with Crippen LogP contribution in [0.5, 0.6) is 0 Å². The Balaban J connectivity index is 1.60. The molecular weight excluding hydrogens is 208 g/mol. The van der Waals surface area contributed by atoms with E-state index in [4.69, 9.17) is 0 Å². The lowest BCUT2D eigenvalue weighted by molar-refractivity contribution is 0.159. The SMILES string of the molecule is CC1CCCCN1CCNC1CCCCCC1. The predicted molar refractivity (Wildman–Crippen MR) is 74.4 cm³/mol. The van der Waals surface area contributed by atoms with Gasteiger partial charge in [0.25, 0.3) is 0 Å². The molecule has 2 nitrogen and oxygen atoms in total. The van der Waals surface area contributed by atoms with Gasteiger partial charge in [0.05, 0.1) is 0 Å². The molecular formula is C15H30N2. The zero-order valence-electron chi connectivity index (χ0n) is 11.6. The lowest BCUT2D eigenvalue weighted by Gasteiger charge is -2.33. The van der Waals surface area contributed by atoms with Crippen LogP contribution in [0.1, 0.15) is 64.7 Å². The minimum atomic E-state index is 0.817. The number of hydrogen-bond donors (Lipinski definition) is 1. The summed E-state index contributed by atoms with van der Waals surface area (Å²) in [4.78, 5) is 2.67. The Kier molecular flexibility index (Phi) is 5.79. The van der Waals surface area contributed by atoms with E-state index in [1.165, 1.54) is 77.4 Å². The Labute approximate surface area is 107 Å². The third kappa shape index (κ3) is 4.59. The Bertz CT molecular complexity index is 197. The van der Waals surface area contributed by atoms with E-state index in [0.717, 1.165) is 12.1 Å². The first kappa shape index (κ1) is 13.4. The highest BCUT2D eigenvalue weighted by Gasteiger charge is 2.18. The van der Waals surface area contributed by atoms with Gasteiger partial charge in [-0.05, 0) is 39.2 Å². The quantitative estimate of drug-likeness (QED) is 0.757. The summed E-state index contributed by atoms with van der Waals surface area (Å²) in [5.41, 5.74) is 0. The van der Waals surface area contributed by atoms with Crippen LogP contribution in [-0.4, -0.2) is 36.6 Å². The van der Waals surface area contributed by atoms with E-state index in [1.807, 2.05) is 0 Å². The summed E-state index contributed by atoms with van der Waals surface area (Å²) < 4.78 is 0. The molecule has 2 fully saturated rings. The highest BCUT2D eigenvalue weighted by Crippen LogP contribution is 2.18. The maximum atomic E-state index is 3.79. The second-order valence-corrected chi connectivity index (χ2v) is 6.02.